The smallest absolute Gasteiger partial charge is 0.339 e. The van der Waals surface area contributed by atoms with E-state index in [0.717, 1.165) is 11.1 Å². The van der Waals surface area contributed by atoms with Crippen LogP contribution in [0.5, 0.6) is 5.75 Å². The Bertz CT molecular complexity index is 1370. The van der Waals surface area contributed by atoms with E-state index >= 15 is 0 Å². The highest BCUT2D eigenvalue weighted by Gasteiger charge is 2.55. The van der Waals surface area contributed by atoms with Gasteiger partial charge in [0.25, 0.3) is 0 Å². The number of halogens is 1. The number of nitrogens with zero attached hydrogens (tertiary/aromatic N) is 1. The van der Waals surface area contributed by atoms with Gasteiger partial charge in [0, 0.05) is 5.69 Å². The minimum absolute atomic E-state index is 0.0605. The first-order valence-electron chi connectivity index (χ1n) is 11.6. The van der Waals surface area contributed by atoms with Crippen molar-refractivity contribution in [1.29, 1.82) is 0 Å². The van der Waals surface area contributed by atoms with Crippen molar-refractivity contribution in [3.8, 4) is 5.75 Å². The van der Waals surface area contributed by atoms with Gasteiger partial charge in [-0.1, -0.05) is 29.8 Å². The van der Waals surface area contributed by atoms with Crippen molar-refractivity contribution in [3.63, 3.8) is 0 Å². The predicted molar refractivity (Wildman–Crippen MR) is 130 cm³/mol. The summed E-state index contributed by atoms with van der Waals surface area (Å²) in [6.45, 7) is 5.73. The van der Waals surface area contributed by atoms with Crippen LogP contribution < -0.4 is 9.08 Å². The lowest BCUT2D eigenvalue weighted by Crippen LogP contribution is -2.60. The summed E-state index contributed by atoms with van der Waals surface area (Å²) in [5.74, 6) is -1.71. The van der Waals surface area contributed by atoms with E-state index in [1.165, 1.54) is 24.3 Å². The molecule has 2 saturated heterocycles. The maximum Gasteiger partial charge on any atom is 0.339 e. The standard InChI is InChI=1S/C27H26FNO6S/c1-17-4-14-22(15-5-17)36(31,32)35-21-12-6-18(7-13-21)25-24(23-16-33-27(2,3)34-23)26(30)29(25)20-10-8-19(28)9-11-20/h4-15,23-25H,16H2,1-3H3/t23-,24-,25+/m0/s1. The number of anilines is 1. The Kier molecular flexibility index (Phi) is 6.10. The number of rotatable bonds is 6. The SMILES string of the molecule is Cc1ccc(S(=O)(=O)Oc2ccc([C@@H]3[C@H]([C@@H]4COC(C)(C)O4)C(=O)N3c3ccc(F)cc3)cc2)cc1. The summed E-state index contributed by atoms with van der Waals surface area (Å²) in [4.78, 5) is 14.9. The van der Waals surface area contributed by atoms with Crippen molar-refractivity contribution in [2.75, 3.05) is 11.5 Å². The maximum absolute atomic E-state index is 13.5. The second-order valence-corrected chi connectivity index (χ2v) is 11.0. The molecule has 1 amide bonds. The molecule has 2 heterocycles. The number of carbonyl (C=O) groups is 1. The summed E-state index contributed by atoms with van der Waals surface area (Å²) in [5.41, 5.74) is 2.26. The van der Waals surface area contributed by atoms with Crippen LogP contribution in [0.4, 0.5) is 10.1 Å². The molecule has 9 heteroatoms. The van der Waals surface area contributed by atoms with E-state index in [1.54, 1.807) is 67.3 Å². The van der Waals surface area contributed by atoms with Crippen LogP contribution >= 0.6 is 0 Å². The zero-order valence-corrected chi connectivity index (χ0v) is 20.9. The van der Waals surface area contributed by atoms with Gasteiger partial charge >= 0.3 is 10.1 Å². The Morgan fingerprint density at radius 1 is 0.972 bits per heavy atom. The molecule has 0 aliphatic carbocycles. The molecule has 188 valence electrons. The molecule has 0 N–H and O–H groups in total. The van der Waals surface area contributed by atoms with Crippen LogP contribution in [0.3, 0.4) is 0 Å². The number of amides is 1. The van der Waals surface area contributed by atoms with E-state index in [2.05, 4.69) is 0 Å². The molecule has 3 atom stereocenters. The first-order chi connectivity index (χ1) is 17.0. The Morgan fingerprint density at radius 3 is 2.19 bits per heavy atom. The van der Waals surface area contributed by atoms with Crippen molar-refractivity contribution in [2.24, 2.45) is 5.92 Å². The van der Waals surface area contributed by atoms with Gasteiger partial charge < -0.3 is 18.6 Å². The van der Waals surface area contributed by atoms with Gasteiger partial charge in [0.2, 0.25) is 5.91 Å². The normalized spacial score (nSPS) is 23.4. The molecule has 0 aromatic heterocycles. The Balaban J connectivity index is 1.42. The lowest BCUT2D eigenvalue weighted by molar-refractivity contribution is -0.157. The average molecular weight is 512 g/mol. The molecule has 3 aromatic carbocycles. The highest BCUT2D eigenvalue weighted by atomic mass is 32.2. The highest BCUT2D eigenvalue weighted by Crippen LogP contribution is 2.48. The fourth-order valence-electron chi connectivity index (χ4n) is 4.61. The van der Waals surface area contributed by atoms with E-state index < -0.39 is 39.8 Å². The zero-order valence-electron chi connectivity index (χ0n) is 20.1. The topological polar surface area (TPSA) is 82.1 Å². The third kappa shape index (κ3) is 4.61. The van der Waals surface area contributed by atoms with Crippen LogP contribution in [0.1, 0.15) is 31.0 Å². The molecule has 5 rings (SSSR count). The minimum Gasteiger partial charge on any atom is -0.379 e. The number of aryl methyl sites for hydroxylation is 1. The lowest BCUT2D eigenvalue weighted by atomic mass is 9.78. The lowest BCUT2D eigenvalue weighted by Gasteiger charge is -2.49. The summed E-state index contributed by atoms with van der Waals surface area (Å²) in [6.07, 6.45) is -0.452. The van der Waals surface area contributed by atoms with E-state index in [9.17, 15) is 17.6 Å². The molecule has 2 aliphatic heterocycles. The average Bonchev–Trinajstić information content (AvgIpc) is 3.18. The molecule has 0 spiro atoms. The second kappa shape index (κ2) is 8.99. The van der Waals surface area contributed by atoms with E-state index in [1.807, 2.05) is 6.92 Å². The molecule has 2 fully saturated rings. The van der Waals surface area contributed by atoms with Crippen LogP contribution in [0.25, 0.3) is 0 Å². The number of ether oxygens (including phenoxy) is 2. The van der Waals surface area contributed by atoms with Crippen molar-refractivity contribution < 1.29 is 31.3 Å². The molecule has 0 bridgehead atoms. The third-order valence-electron chi connectivity index (χ3n) is 6.41. The molecule has 0 saturated carbocycles. The molecule has 7 nitrogen and oxygen atoms in total. The summed E-state index contributed by atoms with van der Waals surface area (Å²) in [7, 11) is -3.99. The van der Waals surface area contributed by atoms with Gasteiger partial charge in [-0.25, -0.2) is 4.39 Å². The Hall–Kier alpha value is -3.27. The predicted octanol–water partition coefficient (Wildman–Crippen LogP) is 4.76. The maximum atomic E-state index is 13.5. The zero-order chi connectivity index (χ0) is 25.7. The highest BCUT2D eigenvalue weighted by molar-refractivity contribution is 7.87. The molecule has 2 aliphatic rings. The fraction of sp³-hybridized carbons (Fsp3) is 0.296. The molecule has 36 heavy (non-hydrogen) atoms. The van der Waals surface area contributed by atoms with Gasteiger partial charge in [-0.15, -0.1) is 0 Å². The van der Waals surface area contributed by atoms with E-state index in [4.69, 9.17) is 13.7 Å². The molecule has 3 aromatic rings. The second-order valence-electron chi connectivity index (χ2n) is 9.44. The van der Waals surface area contributed by atoms with Gasteiger partial charge in [0.1, 0.15) is 16.5 Å². The summed E-state index contributed by atoms with van der Waals surface area (Å²) in [5, 5.41) is 0. The Labute approximate surface area is 209 Å². The minimum atomic E-state index is -3.99. The van der Waals surface area contributed by atoms with Crippen LogP contribution in [-0.4, -0.2) is 32.8 Å². The number of carbonyl (C=O) groups excluding carboxylic acids is 1. The van der Waals surface area contributed by atoms with Gasteiger partial charge in [0.15, 0.2) is 5.79 Å². The van der Waals surface area contributed by atoms with Gasteiger partial charge in [-0.2, -0.15) is 8.42 Å². The number of hydrogen-bond donors (Lipinski definition) is 0. The van der Waals surface area contributed by atoms with Crippen LogP contribution in [-0.2, 0) is 24.4 Å². The monoisotopic (exact) mass is 511 g/mol. The van der Waals surface area contributed by atoms with E-state index in [-0.39, 0.29) is 23.2 Å². The first-order valence-corrected chi connectivity index (χ1v) is 13.0. The van der Waals surface area contributed by atoms with Crippen LogP contribution in [0.15, 0.2) is 77.7 Å². The van der Waals surface area contributed by atoms with Crippen molar-refractivity contribution in [3.05, 3.63) is 89.7 Å². The summed E-state index contributed by atoms with van der Waals surface area (Å²) in [6, 6.07) is 18.3. The fourth-order valence-corrected chi connectivity index (χ4v) is 5.54. The quantitative estimate of drug-likeness (QED) is 0.351. The molecule has 0 unspecified atom stereocenters. The summed E-state index contributed by atoms with van der Waals surface area (Å²) >= 11 is 0. The van der Waals surface area contributed by atoms with Gasteiger partial charge in [-0.3, -0.25) is 4.79 Å². The number of β-lactam (4-membered cyclic amide) rings is 1. The molecular formula is C27H26FNO6S. The van der Waals surface area contributed by atoms with Crippen LogP contribution in [0.2, 0.25) is 0 Å². The van der Waals surface area contributed by atoms with Gasteiger partial charge in [0.05, 0.1) is 24.7 Å². The van der Waals surface area contributed by atoms with E-state index in [0.29, 0.717) is 5.69 Å². The molecular weight excluding hydrogens is 485 g/mol. The number of hydrogen-bond acceptors (Lipinski definition) is 6. The van der Waals surface area contributed by atoms with Crippen molar-refractivity contribution in [1.82, 2.24) is 0 Å². The molecule has 0 radical (unpaired) electrons. The van der Waals surface area contributed by atoms with Crippen LogP contribution in [0, 0.1) is 18.7 Å². The van der Waals surface area contributed by atoms with Crippen molar-refractivity contribution in [2.45, 2.75) is 43.6 Å². The Morgan fingerprint density at radius 2 is 1.61 bits per heavy atom. The largest absolute Gasteiger partial charge is 0.379 e. The first kappa shape index (κ1) is 24.4. The third-order valence-corrected chi connectivity index (χ3v) is 7.68. The van der Waals surface area contributed by atoms with Crippen molar-refractivity contribution >= 4 is 21.7 Å². The number of benzene rings is 3. The van der Waals surface area contributed by atoms with Gasteiger partial charge in [-0.05, 0) is 74.9 Å². The summed E-state index contributed by atoms with van der Waals surface area (Å²) < 4.78 is 55.8.